The van der Waals surface area contributed by atoms with Gasteiger partial charge in [0.2, 0.25) is 0 Å². The van der Waals surface area contributed by atoms with Crippen LogP contribution in [0.2, 0.25) is 0 Å². The molecule has 0 radical (unpaired) electrons. The third-order valence-corrected chi connectivity index (χ3v) is 2.14. The lowest BCUT2D eigenvalue weighted by Gasteiger charge is -2.22. The van der Waals surface area contributed by atoms with Crippen molar-refractivity contribution in [1.82, 2.24) is 5.32 Å². The molecule has 2 aliphatic rings. The molecule has 2 rings (SSSR count). The Morgan fingerprint density at radius 2 is 2.50 bits per heavy atom. The number of aliphatic imine (C=N–C) groups is 1. The zero-order chi connectivity index (χ0) is 6.81. The Labute approximate surface area is 61.0 Å². The van der Waals surface area contributed by atoms with Crippen molar-refractivity contribution < 1.29 is 0 Å². The Hall–Kier alpha value is -0.790. The highest BCUT2D eigenvalue weighted by Gasteiger charge is 2.12. The van der Waals surface area contributed by atoms with Crippen molar-refractivity contribution in [3.8, 4) is 0 Å². The van der Waals surface area contributed by atoms with Crippen LogP contribution in [-0.2, 0) is 0 Å². The molecule has 0 aromatic carbocycles. The van der Waals surface area contributed by atoms with Gasteiger partial charge >= 0.3 is 0 Å². The van der Waals surface area contributed by atoms with Gasteiger partial charge in [0.15, 0.2) is 0 Å². The fourth-order valence-electron chi connectivity index (χ4n) is 1.54. The molecule has 2 aliphatic heterocycles. The molecule has 0 atom stereocenters. The number of allylic oxidation sites excluding steroid dienone is 1. The van der Waals surface area contributed by atoms with Gasteiger partial charge in [-0.1, -0.05) is 0 Å². The lowest BCUT2D eigenvalue weighted by atomic mass is 10.00. The molecule has 0 saturated carbocycles. The third kappa shape index (κ3) is 0.939. The van der Waals surface area contributed by atoms with Crippen LogP contribution >= 0.6 is 0 Å². The molecule has 0 amide bonds. The largest absolute Gasteiger partial charge is 0.387 e. The topological polar surface area (TPSA) is 24.4 Å². The van der Waals surface area contributed by atoms with E-state index < -0.39 is 0 Å². The van der Waals surface area contributed by atoms with Crippen LogP contribution in [0, 0.1) is 0 Å². The Bertz CT molecular complexity index is 171. The average molecular weight is 136 g/mol. The van der Waals surface area contributed by atoms with Crippen LogP contribution in [-0.4, -0.2) is 19.3 Å². The van der Waals surface area contributed by atoms with Crippen molar-refractivity contribution in [2.24, 2.45) is 4.99 Å². The normalized spacial score (nSPS) is 24.0. The maximum Gasteiger partial charge on any atom is 0.0782 e. The summed E-state index contributed by atoms with van der Waals surface area (Å²) in [6, 6.07) is 0. The quantitative estimate of drug-likeness (QED) is 0.530. The Morgan fingerprint density at radius 3 is 3.40 bits per heavy atom. The standard InChI is InChI=1S/C8H12N2/c1-2-7-3-5-9-6-8(7)10-4-1/h5,10H,1-4,6H2. The smallest absolute Gasteiger partial charge is 0.0782 e. The Kier molecular flexibility index (Phi) is 1.46. The molecule has 2 heteroatoms. The van der Waals surface area contributed by atoms with Crippen LogP contribution in [0.1, 0.15) is 19.3 Å². The summed E-state index contributed by atoms with van der Waals surface area (Å²) in [6.07, 6.45) is 5.70. The number of nitrogens with one attached hydrogen (secondary N) is 1. The van der Waals surface area contributed by atoms with Crippen LogP contribution in [0.4, 0.5) is 0 Å². The van der Waals surface area contributed by atoms with E-state index in [0.29, 0.717) is 0 Å². The van der Waals surface area contributed by atoms with Crippen LogP contribution in [0.15, 0.2) is 16.3 Å². The maximum atomic E-state index is 4.22. The van der Waals surface area contributed by atoms with Gasteiger partial charge in [-0.25, -0.2) is 0 Å². The molecule has 0 fully saturated rings. The second-order valence-corrected chi connectivity index (χ2v) is 2.84. The molecule has 1 N–H and O–H groups in total. The lowest BCUT2D eigenvalue weighted by Crippen LogP contribution is -2.25. The van der Waals surface area contributed by atoms with Gasteiger partial charge in [-0.15, -0.1) is 0 Å². The number of rotatable bonds is 0. The van der Waals surface area contributed by atoms with Crippen LogP contribution in [0.3, 0.4) is 0 Å². The van der Waals surface area contributed by atoms with Gasteiger partial charge in [0.05, 0.1) is 6.54 Å². The van der Waals surface area contributed by atoms with Gasteiger partial charge < -0.3 is 5.32 Å². The van der Waals surface area contributed by atoms with E-state index in [-0.39, 0.29) is 0 Å². The number of nitrogens with zero attached hydrogens (tertiary/aromatic N) is 1. The highest BCUT2D eigenvalue weighted by atomic mass is 14.9. The highest BCUT2D eigenvalue weighted by Crippen LogP contribution is 2.19. The molecular formula is C8H12N2. The molecule has 0 unspecified atom stereocenters. The first-order valence-electron chi connectivity index (χ1n) is 3.90. The fourth-order valence-corrected chi connectivity index (χ4v) is 1.54. The molecule has 2 heterocycles. The van der Waals surface area contributed by atoms with Crippen molar-refractivity contribution in [1.29, 1.82) is 0 Å². The summed E-state index contributed by atoms with van der Waals surface area (Å²) in [5, 5.41) is 3.39. The van der Waals surface area contributed by atoms with Crippen molar-refractivity contribution in [3.63, 3.8) is 0 Å². The summed E-state index contributed by atoms with van der Waals surface area (Å²) in [7, 11) is 0. The summed E-state index contributed by atoms with van der Waals surface area (Å²) in [4.78, 5) is 4.22. The Balaban J connectivity index is 2.17. The molecule has 10 heavy (non-hydrogen) atoms. The number of hydrogen-bond acceptors (Lipinski definition) is 2. The van der Waals surface area contributed by atoms with Crippen molar-refractivity contribution in [2.45, 2.75) is 19.3 Å². The monoisotopic (exact) mass is 136 g/mol. The minimum Gasteiger partial charge on any atom is -0.387 e. The first kappa shape index (κ1) is 5.96. The van der Waals surface area contributed by atoms with Crippen molar-refractivity contribution in [2.75, 3.05) is 13.1 Å². The van der Waals surface area contributed by atoms with E-state index in [2.05, 4.69) is 10.3 Å². The molecule has 0 bridgehead atoms. The van der Waals surface area contributed by atoms with E-state index in [9.17, 15) is 0 Å². The van der Waals surface area contributed by atoms with Gasteiger partial charge in [0, 0.05) is 24.9 Å². The van der Waals surface area contributed by atoms with Crippen LogP contribution < -0.4 is 5.32 Å². The lowest BCUT2D eigenvalue weighted by molar-refractivity contribution is 0.638. The molecule has 0 spiro atoms. The molecule has 2 nitrogen and oxygen atoms in total. The van der Waals surface area contributed by atoms with E-state index >= 15 is 0 Å². The van der Waals surface area contributed by atoms with E-state index in [1.54, 1.807) is 5.57 Å². The van der Waals surface area contributed by atoms with Crippen molar-refractivity contribution in [3.05, 3.63) is 11.3 Å². The minimum absolute atomic E-state index is 0.898. The number of hydrogen-bond donors (Lipinski definition) is 1. The number of dihydropyridines is 1. The van der Waals surface area contributed by atoms with Gasteiger partial charge in [-0.2, -0.15) is 0 Å². The van der Waals surface area contributed by atoms with E-state index in [1.165, 1.54) is 18.5 Å². The van der Waals surface area contributed by atoms with Gasteiger partial charge in [0.1, 0.15) is 0 Å². The minimum atomic E-state index is 0.898. The average Bonchev–Trinajstić information content (AvgIpc) is 2.05. The predicted molar refractivity (Wildman–Crippen MR) is 42.2 cm³/mol. The predicted octanol–water partition coefficient (Wildman–Crippen LogP) is 1.10. The zero-order valence-electron chi connectivity index (χ0n) is 6.06. The molecule has 54 valence electrons. The molecule has 0 aromatic rings. The summed E-state index contributed by atoms with van der Waals surface area (Å²) in [6.45, 7) is 2.05. The highest BCUT2D eigenvalue weighted by molar-refractivity contribution is 5.63. The van der Waals surface area contributed by atoms with Gasteiger partial charge in [-0.05, 0) is 18.4 Å². The molecular weight excluding hydrogens is 124 g/mol. The third-order valence-electron chi connectivity index (χ3n) is 2.14. The van der Waals surface area contributed by atoms with Crippen molar-refractivity contribution >= 4 is 6.21 Å². The summed E-state index contributed by atoms with van der Waals surface area (Å²) in [5.41, 5.74) is 2.98. The van der Waals surface area contributed by atoms with Gasteiger partial charge in [-0.3, -0.25) is 4.99 Å². The van der Waals surface area contributed by atoms with E-state index in [4.69, 9.17) is 0 Å². The first-order valence-corrected chi connectivity index (χ1v) is 3.90. The van der Waals surface area contributed by atoms with Crippen LogP contribution in [0.5, 0.6) is 0 Å². The summed E-state index contributed by atoms with van der Waals surface area (Å²) in [5.74, 6) is 0. The molecule has 0 aliphatic carbocycles. The van der Waals surface area contributed by atoms with E-state index in [0.717, 1.165) is 19.5 Å². The Morgan fingerprint density at radius 1 is 1.50 bits per heavy atom. The summed E-state index contributed by atoms with van der Waals surface area (Å²) >= 11 is 0. The fraction of sp³-hybridized carbons (Fsp3) is 0.625. The maximum absolute atomic E-state index is 4.22. The SMILES string of the molecule is C1=NCC2=C(C1)CCCN2. The second kappa shape index (κ2) is 2.45. The molecule has 0 saturated heterocycles. The van der Waals surface area contributed by atoms with E-state index in [1.807, 2.05) is 6.21 Å². The second-order valence-electron chi connectivity index (χ2n) is 2.84. The zero-order valence-corrected chi connectivity index (χ0v) is 6.06. The molecule has 0 aromatic heterocycles. The summed E-state index contributed by atoms with van der Waals surface area (Å²) < 4.78 is 0. The first-order chi connectivity index (χ1) is 4.97. The van der Waals surface area contributed by atoms with Crippen LogP contribution in [0.25, 0.3) is 0 Å². The van der Waals surface area contributed by atoms with Gasteiger partial charge in [0.25, 0.3) is 0 Å².